The first-order valence-corrected chi connectivity index (χ1v) is 15.7. The van der Waals surface area contributed by atoms with Gasteiger partial charge in [-0.05, 0) is 55.0 Å². The summed E-state index contributed by atoms with van der Waals surface area (Å²) in [6.07, 6.45) is 1.13. The number of anilines is 1. The third-order valence-corrected chi connectivity index (χ3v) is 11.4. The van der Waals surface area contributed by atoms with Crippen molar-refractivity contribution in [2.24, 2.45) is 17.8 Å². The molecule has 1 saturated carbocycles. The zero-order valence-electron chi connectivity index (χ0n) is 24.9. The number of benzene rings is 2. The Morgan fingerprint density at radius 2 is 1.47 bits per heavy atom. The fraction of sp³-hybridized carbons (Fsp3) is 0.333. The fourth-order valence-corrected chi connectivity index (χ4v) is 8.62. The van der Waals surface area contributed by atoms with Gasteiger partial charge in [0.2, 0.25) is 17.6 Å². The van der Waals surface area contributed by atoms with Crippen molar-refractivity contribution in [2.75, 3.05) is 11.4 Å². The van der Waals surface area contributed by atoms with Crippen molar-refractivity contribution in [3.8, 4) is 5.75 Å². The number of rotatable bonds is 6. The highest BCUT2D eigenvalue weighted by atomic mass is 35.5. The molecule has 2 aliphatic heterocycles. The average Bonchev–Trinajstić information content (AvgIpc) is 3.69. The van der Waals surface area contributed by atoms with Crippen LogP contribution < -0.4 is 4.90 Å². The van der Waals surface area contributed by atoms with Crippen LogP contribution in [-0.4, -0.2) is 55.0 Å². The maximum absolute atomic E-state index is 15.1. The van der Waals surface area contributed by atoms with E-state index >= 15 is 8.78 Å². The number of furan rings is 1. The Labute approximate surface area is 283 Å². The van der Waals surface area contributed by atoms with Crippen molar-refractivity contribution in [3.05, 3.63) is 94.2 Å². The molecular weight excluding hydrogens is 702 g/mol. The fourth-order valence-electron chi connectivity index (χ4n) is 7.70. The molecule has 1 aromatic heterocycles. The Balaban J connectivity index is 1.34. The minimum atomic E-state index is -2.71. The Hall–Kier alpha value is -4.27. The van der Waals surface area contributed by atoms with Crippen molar-refractivity contribution in [1.29, 1.82) is 0 Å². The Bertz CT molecular complexity index is 1980. The van der Waals surface area contributed by atoms with E-state index in [9.17, 15) is 42.6 Å². The van der Waals surface area contributed by atoms with E-state index in [1.54, 1.807) is 18.2 Å². The van der Waals surface area contributed by atoms with E-state index in [1.807, 2.05) is 0 Å². The number of amides is 4. The number of nitrogens with zero attached hydrogens (tertiary/aromatic N) is 2. The number of aliphatic hydroxyl groups excluding tert-OH is 1. The summed E-state index contributed by atoms with van der Waals surface area (Å²) >= 11 is 14.1. The molecule has 6 atom stereocenters. The molecule has 0 radical (unpaired) electrons. The second-order valence-corrected chi connectivity index (χ2v) is 13.6. The molecule has 2 N–H and O–H groups in total. The molecule has 2 aliphatic carbocycles. The average molecular weight is 725 g/mol. The molecule has 2 aromatic carbocycles. The van der Waals surface area contributed by atoms with Gasteiger partial charge in [-0.1, -0.05) is 23.8 Å². The SMILES string of the molecule is O=C1[C@H]2[C@H](CC=C3[C@H]2C[C@@]2(Cl)C(=O)N(c4c(F)c(F)c(F)c(F)c4F)C(=O)[C@@]2(Cl)[C@H]3c2ccc(CO)o2)C(=O)N1CCc1ccc(O)cc1. The number of carbonyl (C=O) groups excluding carboxylic acids is 4. The molecule has 3 heterocycles. The number of alkyl halides is 2. The summed E-state index contributed by atoms with van der Waals surface area (Å²) < 4.78 is 78.6. The third kappa shape index (κ3) is 4.46. The number of imide groups is 2. The number of phenols is 1. The molecule has 0 spiro atoms. The predicted octanol–water partition coefficient (Wildman–Crippen LogP) is 4.98. The Kier molecular flexibility index (Phi) is 7.73. The molecule has 256 valence electrons. The van der Waals surface area contributed by atoms with Crippen molar-refractivity contribution < 1.29 is 55.8 Å². The number of aromatic hydroxyl groups is 1. The topological polar surface area (TPSA) is 128 Å². The number of carbonyl (C=O) groups is 4. The molecule has 49 heavy (non-hydrogen) atoms. The molecule has 9 nitrogen and oxygen atoms in total. The summed E-state index contributed by atoms with van der Waals surface area (Å²) in [6.45, 7) is -0.649. The normalized spacial score (nSPS) is 29.3. The smallest absolute Gasteiger partial charge is 0.258 e. The third-order valence-electron chi connectivity index (χ3n) is 10.00. The number of hydrogen-bond acceptors (Lipinski definition) is 7. The van der Waals surface area contributed by atoms with E-state index in [0.29, 0.717) is 0 Å². The van der Waals surface area contributed by atoms with Gasteiger partial charge in [-0.25, -0.2) is 26.9 Å². The van der Waals surface area contributed by atoms with Crippen LogP contribution in [0.1, 0.15) is 35.8 Å². The monoisotopic (exact) mass is 724 g/mol. The first kappa shape index (κ1) is 33.2. The number of fused-ring (bicyclic) bond motifs is 4. The number of phenolic OH excluding ortho intramolecular Hbond substituents is 1. The maximum atomic E-state index is 15.1. The summed E-state index contributed by atoms with van der Waals surface area (Å²) in [6, 6.07) is 8.77. The number of hydrogen-bond donors (Lipinski definition) is 2. The van der Waals surface area contributed by atoms with Crippen molar-refractivity contribution in [2.45, 2.75) is 41.5 Å². The van der Waals surface area contributed by atoms with Gasteiger partial charge in [-0.15, -0.1) is 23.2 Å². The number of aliphatic hydroxyl groups is 1. The standard InChI is InChI=1S/C33H23Cl2F5N2O7/c34-32-11-18-16(6-7-17-20(18)29(46)41(28(17)45)10-9-13-1-3-14(44)4-2-13)21(19-8-5-15(12-43)49-19)33(32,35)31(48)42(30(32)47)27-25(39)23(37)22(36)24(38)26(27)40/h1-6,8,17-18,20-21,43-44H,7,9-12H2/t17-,18+,20-,21+,32+,33-/m0/s1. The van der Waals surface area contributed by atoms with Gasteiger partial charge in [0.15, 0.2) is 33.0 Å². The summed E-state index contributed by atoms with van der Waals surface area (Å²) in [5, 5.41) is 19.3. The first-order valence-electron chi connectivity index (χ1n) is 15.0. The van der Waals surface area contributed by atoms with Crippen molar-refractivity contribution >= 4 is 52.5 Å². The second-order valence-electron chi connectivity index (χ2n) is 12.4. The highest BCUT2D eigenvalue weighted by Crippen LogP contribution is 2.66. The molecular formula is C33H23Cl2F5N2O7. The van der Waals surface area contributed by atoms with Gasteiger partial charge in [-0.3, -0.25) is 24.1 Å². The number of likely N-dealkylation sites (tertiary alicyclic amines) is 1. The van der Waals surface area contributed by atoms with Gasteiger partial charge in [-0.2, -0.15) is 0 Å². The minimum absolute atomic E-state index is 0.0206. The lowest BCUT2D eigenvalue weighted by molar-refractivity contribution is -0.140. The van der Waals surface area contributed by atoms with Gasteiger partial charge in [0, 0.05) is 6.54 Å². The highest BCUT2D eigenvalue weighted by Gasteiger charge is 2.77. The van der Waals surface area contributed by atoms with Gasteiger partial charge >= 0.3 is 0 Å². The summed E-state index contributed by atoms with van der Waals surface area (Å²) in [4.78, 5) is 51.4. The van der Waals surface area contributed by atoms with Crippen LogP contribution in [0.3, 0.4) is 0 Å². The van der Waals surface area contributed by atoms with E-state index in [-0.39, 0.29) is 47.1 Å². The number of halogens is 7. The maximum Gasteiger partial charge on any atom is 0.258 e. The van der Waals surface area contributed by atoms with Crippen LogP contribution in [-0.2, 0) is 32.2 Å². The molecule has 3 aromatic rings. The van der Waals surface area contributed by atoms with Crippen LogP contribution >= 0.6 is 23.2 Å². The first-order chi connectivity index (χ1) is 23.2. The van der Waals surface area contributed by atoms with Crippen LogP contribution in [0.15, 0.2) is 52.5 Å². The quantitative estimate of drug-likeness (QED) is 0.0917. The molecule has 3 fully saturated rings. The van der Waals surface area contributed by atoms with Gasteiger partial charge in [0.05, 0.1) is 17.8 Å². The molecule has 0 bridgehead atoms. The largest absolute Gasteiger partial charge is 0.508 e. The molecule has 0 unspecified atom stereocenters. The van der Waals surface area contributed by atoms with Crippen LogP contribution in [0.2, 0.25) is 0 Å². The zero-order valence-corrected chi connectivity index (χ0v) is 26.4. The van der Waals surface area contributed by atoms with Crippen LogP contribution in [0.5, 0.6) is 5.75 Å². The molecule has 4 aliphatic rings. The van der Waals surface area contributed by atoms with Gasteiger partial charge in [0.1, 0.15) is 29.6 Å². The van der Waals surface area contributed by atoms with E-state index in [1.165, 1.54) is 24.3 Å². The lowest BCUT2D eigenvalue weighted by Crippen LogP contribution is -2.60. The van der Waals surface area contributed by atoms with E-state index in [4.69, 9.17) is 27.6 Å². The van der Waals surface area contributed by atoms with E-state index < -0.39 is 105 Å². The van der Waals surface area contributed by atoms with E-state index in [2.05, 4.69) is 0 Å². The molecule has 7 rings (SSSR count). The van der Waals surface area contributed by atoms with Crippen LogP contribution in [0, 0.1) is 46.8 Å². The summed E-state index contributed by atoms with van der Waals surface area (Å²) in [5.74, 6) is -21.5. The summed E-state index contributed by atoms with van der Waals surface area (Å²) in [7, 11) is 0. The van der Waals surface area contributed by atoms with Crippen LogP contribution in [0.25, 0.3) is 0 Å². The Morgan fingerprint density at radius 3 is 2.08 bits per heavy atom. The van der Waals surface area contributed by atoms with Gasteiger partial charge < -0.3 is 14.6 Å². The summed E-state index contributed by atoms with van der Waals surface area (Å²) in [5.41, 5.74) is -0.928. The van der Waals surface area contributed by atoms with Crippen molar-refractivity contribution in [3.63, 3.8) is 0 Å². The lowest BCUT2D eigenvalue weighted by atomic mass is 9.57. The minimum Gasteiger partial charge on any atom is -0.508 e. The zero-order chi connectivity index (χ0) is 35.3. The molecule has 16 heteroatoms. The van der Waals surface area contributed by atoms with Crippen LogP contribution in [0.4, 0.5) is 27.6 Å². The highest BCUT2D eigenvalue weighted by molar-refractivity contribution is 6.58. The predicted molar refractivity (Wildman–Crippen MR) is 160 cm³/mol. The second kappa shape index (κ2) is 11.4. The van der Waals surface area contributed by atoms with E-state index in [0.717, 1.165) is 10.5 Å². The molecule has 2 saturated heterocycles. The Morgan fingerprint density at radius 1 is 0.837 bits per heavy atom. The van der Waals surface area contributed by atoms with Crippen molar-refractivity contribution in [1.82, 2.24) is 4.90 Å². The molecule has 4 amide bonds. The van der Waals surface area contributed by atoms with Gasteiger partial charge in [0.25, 0.3) is 11.8 Å². The number of allylic oxidation sites excluding steroid dienone is 2. The lowest BCUT2D eigenvalue weighted by Gasteiger charge is -2.49.